The van der Waals surface area contributed by atoms with Crippen molar-refractivity contribution in [3.63, 3.8) is 0 Å². The second kappa shape index (κ2) is 3.79. The van der Waals surface area contributed by atoms with Crippen molar-refractivity contribution >= 4 is 5.95 Å². The van der Waals surface area contributed by atoms with E-state index in [4.69, 9.17) is 0 Å². The van der Waals surface area contributed by atoms with Gasteiger partial charge in [-0.1, -0.05) is 20.8 Å². The molecular weight excluding hydrogens is 198 g/mol. The fourth-order valence-corrected chi connectivity index (χ4v) is 1.66. The highest BCUT2D eigenvalue weighted by Gasteiger charge is 2.28. The lowest BCUT2D eigenvalue weighted by atomic mass is 9.88. The van der Waals surface area contributed by atoms with Gasteiger partial charge in [-0.2, -0.15) is 0 Å². The van der Waals surface area contributed by atoms with Gasteiger partial charge in [0.05, 0.1) is 5.69 Å². The fourth-order valence-electron chi connectivity index (χ4n) is 1.66. The Morgan fingerprint density at radius 1 is 1.44 bits per heavy atom. The van der Waals surface area contributed by atoms with Crippen LogP contribution in [0.1, 0.15) is 52.3 Å². The summed E-state index contributed by atoms with van der Waals surface area (Å²) in [6, 6.07) is 1.11. The van der Waals surface area contributed by atoms with Crippen molar-refractivity contribution in [3.8, 4) is 0 Å². The first kappa shape index (κ1) is 11.5. The summed E-state index contributed by atoms with van der Waals surface area (Å²) in [6.45, 7) is 11.0. The van der Waals surface area contributed by atoms with Gasteiger partial charge in [-0.05, 0) is 32.1 Å². The number of hydrogen-bond acceptors (Lipinski definition) is 2. The molecule has 1 aliphatic carbocycles. The van der Waals surface area contributed by atoms with Crippen LogP contribution in [0.15, 0.2) is 6.20 Å². The second-order valence-electron chi connectivity index (χ2n) is 6.08. The number of hydrogen-bond donors (Lipinski definition) is 1. The molecule has 1 unspecified atom stereocenters. The zero-order chi connectivity index (χ0) is 11.9. The third-order valence-corrected chi connectivity index (χ3v) is 3.44. The lowest BCUT2D eigenvalue weighted by Gasteiger charge is -2.28. The summed E-state index contributed by atoms with van der Waals surface area (Å²) in [6.07, 6.45) is 4.76. The molecule has 90 valence electrons. The van der Waals surface area contributed by atoms with E-state index in [0.717, 1.165) is 11.6 Å². The van der Waals surface area contributed by atoms with Gasteiger partial charge in [0.15, 0.2) is 0 Å². The molecular formula is C13H23N3. The molecule has 1 N–H and O–H groups in total. The molecule has 0 spiro atoms. The summed E-state index contributed by atoms with van der Waals surface area (Å²) in [5.41, 5.74) is 1.37. The lowest BCUT2D eigenvalue weighted by Crippen LogP contribution is -2.31. The van der Waals surface area contributed by atoms with Crippen molar-refractivity contribution in [2.24, 2.45) is 5.41 Å². The van der Waals surface area contributed by atoms with E-state index in [0.29, 0.717) is 12.1 Å². The average molecular weight is 221 g/mol. The third kappa shape index (κ3) is 2.39. The summed E-state index contributed by atoms with van der Waals surface area (Å²) < 4.78 is 2.30. The molecule has 0 bridgehead atoms. The van der Waals surface area contributed by atoms with Gasteiger partial charge in [0.2, 0.25) is 5.95 Å². The maximum atomic E-state index is 4.58. The number of imidazole rings is 1. The lowest BCUT2D eigenvalue weighted by molar-refractivity contribution is 0.357. The Morgan fingerprint density at radius 2 is 2.06 bits per heavy atom. The Hall–Kier alpha value is -0.990. The molecule has 0 amide bonds. The van der Waals surface area contributed by atoms with E-state index in [9.17, 15) is 0 Å². The van der Waals surface area contributed by atoms with Crippen molar-refractivity contribution in [1.29, 1.82) is 0 Å². The number of rotatable bonds is 3. The molecule has 0 aliphatic heterocycles. The van der Waals surface area contributed by atoms with E-state index in [1.165, 1.54) is 12.8 Å². The zero-order valence-corrected chi connectivity index (χ0v) is 11.0. The first-order valence-corrected chi connectivity index (χ1v) is 6.20. The fraction of sp³-hybridized carbons (Fsp3) is 0.769. The molecule has 0 radical (unpaired) electrons. The van der Waals surface area contributed by atoms with Crippen LogP contribution in [0.2, 0.25) is 0 Å². The van der Waals surface area contributed by atoms with Gasteiger partial charge in [0.25, 0.3) is 0 Å². The van der Waals surface area contributed by atoms with Crippen molar-refractivity contribution in [2.45, 2.75) is 59.5 Å². The molecule has 1 atom stereocenters. The molecule has 0 aromatic carbocycles. The zero-order valence-electron chi connectivity index (χ0n) is 11.0. The Kier molecular flexibility index (Phi) is 2.72. The van der Waals surface area contributed by atoms with Crippen LogP contribution in [0.5, 0.6) is 0 Å². The molecule has 3 heteroatoms. The molecule has 1 fully saturated rings. The topological polar surface area (TPSA) is 29.9 Å². The minimum atomic E-state index is 0.258. The third-order valence-electron chi connectivity index (χ3n) is 3.44. The van der Waals surface area contributed by atoms with Gasteiger partial charge in [-0.25, -0.2) is 4.98 Å². The Bertz CT molecular complexity index is 369. The van der Waals surface area contributed by atoms with Crippen molar-refractivity contribution in [2.75, 3.05) is 5.32 Å². The summed E-state index contributed by atoms with van der Waals surface area (Å²) >= 11 is 0. The molecule has 1 heterocycles. The van der Waals surface area contributed by atoms with E-state index in [1.807, 2.05) is 0 Å². The SMILES string of the molecule is Cc1cn(C2CC2)c(NC(C)C(C)(C)C)n1. The van der Waals surface area contributed by atoms with Gasteiger partial charge >= 0.3 is 0 Å². The predicted octanol–water partition coefficient (Wildman–Crippen LogP) is 3.37. The highest BCUT2D eigenvalue weighted by Crippen LogP contribution is 2.37. The van der Waals surface area contributed by atoms with Crippen LogP contribution in [0.3, 0.4) is 0 Å². The Morgan fingerprint density at radius 3 is 2.56 bits per heavy atom. The van der Waals surface area contributed by atoms with Crippen LogP contribution in [-0.2, 0) is 0 Å². The van der Waals surface area contributed by atoms with E-state index in [2.05, 4.69) is 55.7 Å². The van der Waals surface area contributed by atoms with E-state index < -0.39 is 0 Å². The van der Waals surface area contributed by atoms with Crippen molar-refractivity contribution in [1.82, 2.24) is 9.55 Å². The van der Waals surface area contributed by atoms with Crippen molar-refractivity contribution in [3.05, 3.63) is 11.9 Å². The standard InChI is InChI=1S/C13H23N3/c1-9-8-16(11-6-7-11)12(14-9)15-10(2)13(3,4)5/h8,10-11H,6-7H2,1-5H3,(H,14,15). The normalized spacial score (nSPS) is 18.6. The largest absolute Gasteiger partial charge is 0.353 e. The van der Waals surface area contributed by atoms with Crippen LogP contribution in [0.4, 0.5) is 5.95 Å². The molecule has 1 aliphatic rings. The van der Waals surface area contributed by atoms with E-state index in [-0.39, 0.29) is 5.41 Å². The quantitative estimate of drug-likeness (QED) is 0.848. The number of aryl methyl sites for hydroxylation is 1. The van der Waals surface area contributed by atoms with Gasteiger partial charge in [0, 0.05) is 18.3 Å². The van der Waals surface area contributed by atoms with Crippen molar-refractivity contribution < 1.29 is 0 Å². The number of anilines is 1. The van der Waals surface area contributed by atoms with Crippen LogP contribution in [0.25, 0.3) is 0 Å². The first-order valence-electron chi connectivity index (χ1n) is 6.20. The smallest absolute Gasteiger partial charge is 0.203 e. The van der Waals surface area contributed by atoms with Gasteiger partial charge in [0.1, 0.15) is 0 Å². The minimum absolute atomic E-state index is 0.258. The average Bonchev–Trinajstić information content (AvgIpc) is 2.90. The minimum Gasteiger partial charge on any atom is -0.353 e. The molecule has 3 nitrogen and oxygen atoms in total. The molecule has 1 aromatic heterocycles. The highest BCUT2D eigenvalue weighted by atomic mass is 15.2. The summed E-state index contributed by atoms with van der Waals surface area (Å²) in [7, 11) is 0. The summed E-state index contributed by atoms with van der Waals surface area (Å²) in [5.74, 6) is 1.04. The number of nitrogens with one attached hydrogen (secondary N) is 1. The maximum absolute atomic E-state index is 4.58. The molecule has 1 aromatic rings. The predicted molar refractivity (Wildman–Crippen MR) is 67.8 cm³/mol. The van der Waals surface area contributed by atoms with Crippen LogP contribution in [-0.4, -0.2) is 15.6 Å². The maximum Gasteiger partial charge on any atom is 0.203 e. The van der Waals surface area contributed by atoms with Crippen LogP contribution >= 0.6 is 0 Å². The Balaban J connectivity index is 2.14. The van der Waals surface area contributed by atoms with Crippen LogP contribution < -0.4 is 5.32 Å². The first-order chi connectivity index (χ1) is 7.38. The number of aromatic nitrogens is 2. The van der Waals surface area contributed by atoms with Gasteiger partial charge in [-0.3, -0.25) is 0 Å². The van der Waals surface area contributed by atoms with Gasteiger partial charge < -0.3 is 9.88 Å². The monoisotopic (exact) mass is 221 g/mol. The molecule has 0 saturated heterocycles. The van der Waals surface area contributed by atoms with Crippen LogP contribution in [0, 0.1) is 12.3 Å². The molecule has 2 rings (SSSR count). The Labute approximate surface area is 98.3 Å². The number of nitrogens with zero attached hydrogens (tertiary/aromatic N) is 2. The van der Waals surface area contributed by atoms with Gasteiger partial charge in [-0.15, -0.1) is 0 Å². The highest BCUT2D eigenvalue weighted by molar-refractivity contribution is 5.32. The summed E-state index contributed by atoms with van der Waals surface area (Å²) in [4.78, 5) is 4.58. The summed E-state index contributed by atoms with van der Waals surface area (Å²) in [5, 5.41) is 3.54. The van der Waals surface area contributed by atoms with E-state index in [1.54, 1.807) is 0 Å². The second-order valence-corrected chi connectivity index (χ2v) is 6.08. The molecule has 1 saturated carbocycles. The van der Waals surface area contributed by atoms with E-state index >= 15 is 0 Å². The molecule has 16 heavy (non-hydrogen) atoms.